The first-order valence-corrected chi connectivity index (χ1v) is 9.10. The van der Waals surface area contributed by atoms with Gasteiger partial charge in [-0.25, -0.2) is 0 Å². The Kier molecular flexibility index (Phi) is 5.05. The lowest BCUT2D eigenvalue weighted by Gasteiger charge is -2.12. The van der Waals surface area contributed by atoms with E-state index in [4.69, 9.17) is 21.9 Å². The lowest BCUT2D eigenvalue weighted by Crippen LogP contribution is -2.31. The van der Waals surface area contributed by atoms with Gasteiger partial charge in [0.1, 0.15) is 5.69 Å². The van der Waals surface area contributed by atoms with Crippen LogP contribution in [-0.2, 0) is 6.42 Å². The minimum Gasteiger partial charge on any atom is -0.352 e. The van der Waals surface area contributed by atoms with Crippen LogP contribution in [0, 0.1) is 0 Å². The van der Waals surface area contributed by atoms with Crippen LogP contribution in [0.5, 0.6) is 0 Å². The smallest absolute Gasteiger partial charge is 0.225 e. The van der Waals surface area contributed by atoms with Gasteiger partial charge in [0.15, 0.2) is 0 Å². The van der Waals surface area contributed by atoms with Crippen LogP contribution in [0.1, 0.15) is 5.56 Å². The van der Waals surface area contributed by atoms with Crippen LogP contribution in [0.15, 0.2) is 71.5 Å². The topological polar surface area (TPSA) is 77.0 Å². The van der Waals surface area contributed by atoms with Crippen molar-refractivity contribution < 1.29 is 4.52 Å². The van der Waals surface area contributed by atoms with Gasteiger partial charge in [0, 0.05) is 47.0 Å². The van der Waals surface area contributed by atoms with E-state index in [1.807, 2.05) is 54.7 Å². The molecule has 3 N–H and O–H groups in total. The molecule has 1 atom stereocenters. The van der Waals surface area contributed by atoms with Crippen LogP contribution in [0.3, 0.4) is 0 Å². The number of fused-ring (bicyclic) bond motifs is 1. The van der Waals surface area contributed by atoms with Crippen molar-refractivity contribution >= 4 is 28.3 Å². The Balaban J connectivity index is 1.41. The zero-order valence-corrected chi connectivity index (χ0v) is 15.4. The van der Waals surface area contributed by atoms with Gasteiger partial charge in [0.05, 0.1) is 0 Å². The van der Waals surface area contributed by atoms with E-state index in [1.54, 1.807) is 6.20 Å². The molecule has 0 saturated heterocycles. The van der Waals surface area contributed by atoms with E-state index in [-0.39, 0.29) is 6.04 Å². The molecule has 5 nitrogen and oxygen atoms in total. The molecular weight excluding hydrogens is 360 g/mol. The maximum absolute atomic E-state index is 6.21. The summed E-state index contributed by atoms with van der Waals surface area (Å²) < 4.78 is 5.40. The molecular formula is C21H19ClN4O. The minimum atomic E-state index is -0.0911. The second kappa shape index (κ2) is 7.78. The van der Waals surface area contributed by atoms with Crippen LogP contribution in [-0.4, -0.2) is 22.7 Å². The Morgan fingerprint density at radius 3 is 2.85 bits per heavy atom. The average molecular weight is 379 g/mol. The molecule has 0 aliphatic rings. The second-order valence-corrected chi connectivity index (χ2v) is 6.86. The molecule has 0 fully saturated rings. The highest BCUT2D eigenvalue weighted by molar-refractivity contribution is 6.31. The van der Waals surface area contributed by atoms with Crippen molar-refractivity contribution in [3.05, 3.63) is 77.6 Å². The number of benzene rings is 2. The molecule has 1 unspecified atom stereocenters. The van der Waals surface area contributed by atoms with E-state index in [0.717, 1.165) is 32.6 Å². The van der Waals surface area contributed by atoms with Gasteiger partial charge in [-0.1, -0.05) is 47.1 Å². The Bertz CT molecular complexity index is 1060. The molecule has 0 aliphatic heterocycles. The predicted molar refractivity (Wildman–Crippen MR) is 109 cm³/mol. The van der Waals surface area contributed by atoms with Gasteiger partial charge < -0.3 is 15.6 Å². The number of nitrogens with zero attached hydrogens (tertiary/aromatic N) is 2. The Morgan fingerprint density at radius 2 is 1.96 bits per heavy atom. The zero-order chi connectivity index (χ0) is 18.6. The van der Waals surface area contributed by atoms with Crippen LogP contribution in [0.4, 0.5) is 5.88 Å². The standard InChI is InChI=1S/C21H19ClN4O/c22-19-4-2-1-3-15(19)10-18(23)13-25-21-11-20(26-27-21)16-5-6-17-12-24-8-7-14(17)9-16/h1-9,11-12,18,25H,10,13,23H2. The number of aromatic nitrogens is 2. The first kappa shape index (κ1) is 17.5. The molecule has 136 valence electrons. The molecule has 27 heavy (non-hydrogen) atoms. The summed E-state index contributed by atoms with van der Waals surface area (Å²) >= 11 is 6.19. The fourth-order valence-electron chi connectivity index (χ4n) is 2.99. The van der Waals surface area contributed by atoms with Gasteiger partial charge in [0.2, 0.25) is 5.88 Å². The molecule has 0 aliphatic carbocycles. The SMILES string of the molecule is NC(CNc1cc(-c2ccc3cnccc3c2)no1)Cc1ccccc1Cl. The van der Waals surface area contributed by atoms with Gasteiger partial charge in [-0.05, 0) is 35.6 Å². The molecule has 4 aromatic rings. The summed E-state index contributed by atoms with van der Waals surface area (Å²) in [5, 5.41) is 10.3. The van der Waals surface area contributed by atoms with E-state index >= 15 is 0 Å². The van der Waals surface area contributed by atoms with Crippen molar-refractivity contribution in [1.29, 1.82) is 0 Å². The molecule has 0 saturated carbocycles. The maximum Gasteiger partial charge on any atom is 0.225 e. The Hall–Kier alpha value is -2.89. The zero-order valence-electron chi connectivity index (χ0n) is 14.6. The first-order valence-electron chi connectivity index (χ1n) is 8.73. The number of pyridine rings is 1. The van der Waals surface area contributed by atoms with Gasteiger partial charge in [-0.15, -0.1) is 0 Å². The summed E-state index contributed by atoms with van der Waals surface area (Å²) in [6.07, 6.45) is 4.31. The van der Waals surface area contributed by atoms with Crippen molar-refractivity contribution in [2.45, 2.75) is 12.5 Å². The van der Waals surface area contributed by atoms with Crippen molar-refractivity contribution in [2.24, 2.45) is 5.73 Å². The number of halogens is 1. The predicted octanol–water partition coefficient (Wildman–Crippen LogP) is 4.53. The summed E-state index contributed by atoms with van der Waals surface area (Å²) in [4.78, 5) is 4.13. The van der Waals surface area contributed by atoms with Crippen molar-refractivity contribution in [3.63, 3.8) is 0 Å². The Labute approximate surface area is 162 Å². The van der Waals surface area contributed by atoms with Crippen molar-refractivity contribution in [3.8, 4) is 11.3 Å². The third kappa shape index (κ3) is 4.10. The number of nitrogens with one attached hydrogen (secondary N) is 1. The lowest BCUT2D eigenvalue weighted by atomic mass is 10.1. The normalized spacial score (nSPS) is 12.2. The third-order valence-electron chi connectivity index (χ3n) is 4.42. The fourth-order valence-corrected chi connectivity index (χ4v) is 3.20. The summed E-state index contributed by atoms with van der Waals surface area (Å²) in [5.41, 5.74) is 9.02. The fraction of sp³-hybridized carbons (Fsp3) is 0.143. The first-order chi connectivity index (χ1) is 13.2. The number of hydrogen-bond acceptors (Lipinski definition) is 5. The summed E-state index contributed by atoms with van der Waals surface area (Å²) in [7, 11) is 0. The number of anilines is 1. The number of nitrogens with two attached hydrogens (primary N) is 1. The molecule has 6 heteroatoms. The highest BCUT2D eigenvalue weighted by Crippen LogP contribution is 2.25. The number of rotatable bonds is 6. The summed E-state index contributed by atoms with van der Waals surface area (Å²) in [5.74, 6) is 0.592. The Morgan fingerprint density at radius 1 is 1.07 bits per heavy atom. The van der Waals surface area contributed by atoms with Crippen molar-refractivity contribution in [1.82, 2.24) is 10.1 Å². The van der Waals surface area contributed by atoms with Gasteiger partial charge in [-0.3, -0.25) is 4.98 Å². The third-order valence-corrected chi connectivity index (χ3v) is 4.79. The monoisotopic (exact) mass is 378 g/mol. The summed E-state index contributed by atoms with van der Waals surface area (Å²) in [6.45, 7) is 0.559. The van der Waals surface area contributed by atoms with Crippen LogP contribution in [0.2, 0.25) is 5.02 Å². The van der Waals surface area contributed by atoms with Crippen LogP contribution >= 0.6 is 11.6 Å². The van der Waals surface area contributed by atoms with E-state index in [2.05, 4.69) is 21.5 Å². The molecule has 0 radical (unpaired) electrons. The van der Waals surface area contributed by atoms with E-state index in [9.17, 15) is 0 Å². The maximum atomic E-state index is 6.21. The molecule has 0 spiro atoms. The van der Waals surface area contributed by atoms with Crippen LogP contribution in [0.25, 0.3) is 22.0 Å². The molecule has 0 amide bonds. The largest absolute Gasteiger partial charge is 0.352 e. The highest BCUT2D eigenvalue weighted by Gasteiger charge is 2.10. The molecule has 2 aromatic heterocycles. The number of hydrogen-bond donors (Lipinski definition) is 2. The van der Waals surface area contributed by atoms with E-state index in [0.29, 0.717) is 18.8 Å². The molecule has 2 heterocycles. The highest BCUT2D eigenvalue weighted by atomic mass is 35.5. The van der Waals surface area contributed by atoms with E-state index in [1.165, 1.54) is 0 Å². The molecule has 0 bridgehead atoms. The second-order valence-electron chi connectivity index (χ2n) is 6.45. The summed E-state index contributed by atoms with van der Waals surface area (Å²) in [6, 6.07) is 17.6. The minimum absolute atomic E-state index is 0.0911. The van der Waals surface area contributed by atoms with Crippen LogP contribution < -0.4 is 11.1 Å². The van der Waals surface area contributed by atoms with E-state index < -0.39 is 0 Å². The average Bonchev–Trinajstić information content (AvgIpc) is 3.17. The molecule has 4 rings (SSSR count). The van der Waals surface area contributed by atoms with Gasteiger partial charge >= 0.3 is 0 Å². The quantitative estimate of drug-likeness (QED) is 0.515. The molecule has 2 aromatic carbocycles. The lowest BCUT2D eigenvalue weighted by molar-refractivity contribution is 0.433. The van der Waals surface area contributed by atoms with Gasteiger partial charge in [-0.2, -0.15) is 0 Å². The van der Waals surface area contributed by atoms with Gasteiger partial charge in [0.25, 0.3) is 0 Å². The van der Waals surface area contributed by atoms with Crippen molar-refractivity contribution in [2.75, 3.05) is 11.9 Å².